The van der Waals surface area contributed by atoms with E-state index in [9.17, 15) is 4.79 Å². The molecule has 0 aromatic heterocycles. The van der Waals surface area contributed by atoms with Crippen molar-refractivity contribution in [3.05, 3.63) is 34.9 Å². The molecular formula is C16H20ClNO2. The maximum atomic E-state index is 12.6. The van der Waals surface area contributed by atoms with Gasteiger partial charge in [-0.05, 0) is 37.8 Å². The quantitative estimate of drug-likeness (QED) is 0.839. The van der Waals surface area contributed by atoms with E-state index < -0.39 is 0 Å². The van der Waals surface area contributed by atoms with E-state index in [0.29, 0.717) is 25.6 Å². The fraction of sp³-hybridized carbons (Fsp3) is 0.562. The third kappa shape index (κ3) is 2.70. The van der Waals surface area contributed by atoms with Crippen molar-refractivity contribution in [2.75, 3.05) is 19.7 Å². The summed E-state index contributed by atoms with van der Waals surface area (Å²) >= 11 is 6.22. The maximum absolute atomic E-state index is 12.6. The molecule has 108 valence electrons. The summed E-state index contributed by atoms with van der Waals surface area (Å²) in [7, 11) is 0. The van der Waals surface area contributed by atoms with Gasteiger partial charge < -0.3 is 9.64 Å². The maximum Gasteiger partial charge on any atom is 0.226 e. The van der Waals surface area contributed by atoms with Gasteiger partial charge in [-0.3, -0.25) is 4.79 Å². The Morgan fingerprint density at radius 3 is 2.85 bits per heavy atom. The van der Waals surface area contributed by atoms with Crippen LogP contribution in [0, 0.1) is 5.92 Å². The number of amides is 1. The molecule has 0 N–H and O–H groups in total. The summed E-state index contributed by atoms with van der Waals surface area (Å²) in [6.45, 7) is 6.07. The molecule has 2 atom stereocenters. The van der Waals surface area contributed by atoms with E-state index in [-0.39, 0.29) is 17.4 Å². The molecule has 1 aliphatic heterocycles. The number of hydrogen-bond acceptors (Lipinski definition) is 2. The first-order chi connectivity index (χ1) is 9.48. The van der Waals surface area contributed by atoms with Gasteiger partial charge in [0.25, 0.3) is 0 Å². The number of rotatable bonds is 2. The Morgan fingerprint density at radius 2 is 2.15 bits per heavy atom. The molecule has 1 saturated carbocycles. The largest absolute Gasteiger partial charge is 0.372 e. The van der Waals surface area contributed by atoms with Gasteiger partial charge in [0.15, 0.2) is 0 Å². The Kier molecular flexibility index (Phi) is 3.51. The Balaban J connectivity index is 1.67. The molecule has 0 spiro atoms. The van der Waals surface area contributed by atoms with Gasteiger partial charge in [0, 0.05) is 24.0 Å². The monoisotopic (exact) mass is 293 g/mol. The summed E-state index contributed by atoms with van der Waals surface area (Å²) in [6, 6.07) is 7.84. The van der Waals surface area contributed by atoms with Crippen LogP contribution < -0.4 is 0 Å². The summed E-state index contributed by atoms with van der Waals surface area (Å²) < 4.78 is 5.66. The zero-order valence-electron chi connectivity index (χ0n) is 11.9. The van der Waals surface area contributed by atoms with Crippen molar-refractivity contribution >= 4 is 17.5 Å². The molecule has 0 radical (unpaired) electrons. The van der Waals surface area contributed by atoms with E-state index >= 15 is 0 Å². The summed E-state index contributed by atoms with van der Waals surface area (Å²) in [5.74, 6) is 0.650. The van der Waals surface area contributed by atoms with Gasteiger partial charge in [-0.2, -0.15) is 0 Å². The molecule has 1 amide bonds. The Hall–Kier alpha value is -1.06. The lowest BCUT2D eigenvalue weighted by molar-refractivity contribution is -0.147. The van der Waals surface area contributed by atoms with Crippen LogP contribution >= 0.6 is 11.6 Å². The lowest BCUT2D eigenvalue weighted by Crippen LogP contribution is -2.51. The summed E-state index contributed by atoms with van der Waals surface area (Å²) in [5, 5.41) is 0.773. The van der Waals surface area contributed by atoms with Crippen molar-refractivity contribution in [1.82, 2.24) is 4.90 Å². The van der Waals surface area contributed by atoms with Crippen molar-refractivity contribution in [3.63, 3.8) is 0 Å². The van der Waals surface area contributed by atoms with Gasteiger partial charge in [-0.25, -0.2) is 0 Å². The van der Waals surface area contributed by atoms with Crippen LogP contribution in [0.3, 0.4) is 0 Å². The van der Waals surface area contributed by atoms with Crippen LogP contribution in [0.2, 0.25) is 5.02 Å². The average Bonchev–Trinajstić information content (AvgIpc) is 3.17. The number of halogens is 1. The Bertz CT molecular complexity index is 529. The predicted octanol–water partition coefficient (Wildman–Crippen LogP) is 3.08. The molecule has 3 nitrogen and oxygen atoms in total. The normalized spacial score (nSPS) is 28.2. The van der Waals surface area contributed by atoms with Crippen molar-refractivity contribution in [2.45, 2.75) is 31.8 Å². The van der Waals surface area contributed by atoms with E-state index in [2.05, 4.69) is 0 Å². The predicted molar refractivity (Wildman–Crippen MR) is 78.9 cm³/mol. The van der Waals surface area contributed by atoms with Crippen molar-refractivity contribution in [3.8, 4) is 0 Å². The zero-order valence-corrected chi connectivity index (χ0v) is 12.7. The van der Waals surface area contributed by atoms with Gasteiger partial charge in [-0.15, -0.1) is 0 Å². The van der Waals surface area contributed by atoms with E-state index in [4.69, 9.17) is 16.3 Å². The number of ether oxygens (including phenoxy) is 1. The fourth-order valence-electron chi connectivity index (χ4n) is 3.03. The number of nitrogens with zero attached hydrogens (tertiary/aromatic N) is 1. The third-order valence-corrected chi connectivity index (χ3v) is 4.49. The molecule has 4 heteroatoms. The van der Waals surface area contributed by atoms with Crippen LogP contribution in [0.15, 0.2) is 24.3 Å². The smallest absolute Gasteiger partial charge is 0.226 e. The van der Waals surface area contributed by atoms with Gasteiger partial charge in [-0.1, -0.05) is 29.8 Å². The third-order valence-electron chi connectivity index (χ3n) is 4.15. The first-order valence-electron chi connectivity index (χ1n) is 7.15. The van der Waals surface area contributed by atoms with Crippen molar-refractivity contribution in [1.29, 1.82) is 0 Å². The van der Waals surface area contributed by atoms with Crippen LogP contribution in [0.4, 0.5) is 0 Å². The molecule has 2 unspecified atom stereocenters. The second-order valence-electron chi connectivity index (χ2n) is 6.34. The Labute approximate surface area is 124 Å². The molecule has 20 heavy (non-hydrogen) atoms. The second-order valence-corrected chi connectivity index (χ2v) is 6.75. The van der Waals surface area contributed by atoms with Crippen LogP contribution in [-0.2, 0) is 9.53 Å². The second kappa shape index (κ2) is 5.05. The van der Waals surface area contributed by atoms with E-state index in [1.807, 2.05) is 43.0 Å². The van der Waals surface area contributed by atoms with Gasteiger partial charge in [0.2, 0.25) is 5.91 Å². The summed E-state index contributed by atoms with van der Waals surface area (Å²) in [6.07, 6.45) is 0.917. The number of carbonyl (C=O) groups excluding carboxylic acids is 1. The van der Waals surface area contributed by atoms with Gasteiger partial charge >= 0.3 is 0 Å². The van der Waals surface area contributed by atoms with Crippen molar-refractivity contribution in [2.24, 2.45) is 5.92 Å². The first kappa shape index (κ1) is 13.9. The molecule has 1 saturated heterocycles. The molecule has 1 aromatic carbocycles. The molecule has 2 fully saturated rings. The topological polar surface area (TPSA) is 29.5 Å². The lowest BCUT2D eigenvalue weighted by Gasteiger charge is -2.38. The van der Waals surface area contributed by atoms with E-state index in [0.717, 1.165) is 17.0 Å². The standard InChI is InChI=1S/C16H20ClNO2/c1-16(2)10-18(7-8-20-16)15(19)13-9-12(13)11-5-3-4-6-14(11)17/h3-6,12-13H,7-10H2,1-2H3. The highest BCUT2D eigenvalue weighted by Gasteiger charge is 2.47. The highest BCUT2D eigenvalue weighted by molar-refractivity contribution is 6.31. The highest BCUT2D eigenvalue weighted by atomic mass is 35.5. The van der Waals surface area contributed by atoms with Crippen LogP contribution in [0.25, 0.3) is 0 Å². The Morgan fingerprint density at radius 1 is 1.40 bits per heavy atom. The molecular weight excluding hydrogens is 274 g/mol. The molecule has 1 heterocycles. The van der Waals surface area contributed by atoms with Gasteiger partial charge in [0.1, 0.15) is 0 Å². The highest BCUT2D eigenvalue weighted by Crippen LogP contribution is 2.50. The number of morpholine rings is 1. The van der Waals surface area contributed by atoms with Crippen LogP contribution in [0.1, 0.15) is 31.7 Å². The van der Waals surface area contributed by atoms with E-state index in [1.165, 1.54) is 0 Å². The minimum atomic E-state index is -0.233. The molecule has 0 bridgehead atoms. The first-order valence-corrected chi connectivity index (χ1v) is 7.53. The summed E-state index contributed by atoms with van der Waals surface area (Å²) in [4.78, 5) is 14.5. The molecule has 3 rings (SSSR count). The van der Waals surface area contributed by atoms with Crippen LogP contribution in [-0.4, -0.2) is 36.1 Å². The fourth-order valence-corrected chi connectivity index (χ4v) is 3.30. The van der Waals surface area contributed by atoms with E-state index in [1.54, 1.807) is 0 Å². The molecule has 2 aliphatic rings. The number of carbonyl (C=O) groups is 1. The average molecular weight is 294 g/mol. The zero-order chi connectivity index (χ0) is 14.3. The summed E-state index contributed by atoms with van der Waals surface area (Å²) in [5.41, 5.74) is 0.878. The number of hydrogen-bond donors (Lipinski definition) is 0. The minimum absolute atomic E-state index is 0.101. The van der Waals surface area contributed by atoms with Crippen LogP contribution in [0.5, 0.6) is 0 Å². The molecule has 1 aromatic rings. The number of benzene rings is 1. The SMILES string of the molecule is CC1(C)CN(C(=O)C2CC2c2ccccc2Cl)CCO1. The lowest BCUT2D eigenvalue weighted by atomic mass is 10.1. The van der Waals surface area contributed by atoms with Crippen molar-refractivity contribution < 1.29 is 9.53 Å². The van der Waals surface area contributed by atoms with Gasteiger partial charge in [0.05, 0.1) is 12.2 Å². The minimum Gasteiger partial charge on any atom is -0.372 e. The molecule has 1 aliphatic carbocycles.